The number of nitrogens with zero attached hydrogens (tertiary/aromatic N) is 1. The molecule has 10 nitrogen and oxygen atoms in total. The highest BCUT2D eigenvalue weighted by molar-refractivity contribution is 8.00. The highest BCUT2D eigenvalue weighted by Crippen LogP contribution is 2.38. The van der Waals surface area contributed by atoms with Crippen LogP contribution in [0, 0.1) is 0 Å². The molecule has 1 aromatic heterocycles. The third kappa shape index (κ3) is 9.54. The van der Waals surface area contributed by atoms with E-state index in [2.05, 4.69) is 20.9 Å². The Morgan fingerprint density at radius 2 is 1.44 bits per heavy atom. The van der Waals surface area contributed by atoms with E-state index in [1.807, 2.05) is 66.0 Å². The maximum Gasteiger partial charge on any atom is 0.272 e. The average molecular weight is 757 g/mol. The van der Waals surface area contributed by atoms with Gasteiger partial charge < -0.3 is 30.2 Å². The van der Waals surface area contributed by atoms with Crippen LogP contribution in [-0.2, 0) is 9.59 Å². The second kappa shape index (κ2) is 17.9. The standard InChI is InChI=1S/C42H36N4O6S2/c1-50-32-20-17-27(18-21-32)36-26-53-42(45-36)46-41(49)38(28-11-6-4-7-12-28)54-34-16-10-15-31(24-34)43-40(48)35(44-39(47)29-13-8-5-9-14-29)23-30-19-22-33(51-2)25-37(30)52-3/h4-26,38H,1-3H3,(H,43,48)(H,44,47)(H,45,46,49)/b35-23+. The summed E-state index contributed by atoms with van der Waals surface area (Å²) in [4.78, 5) is 46.3. The SMILES string of the molecule is COc1ccc(-c2csc(NC(=O)C(Sc3cccc(NC(=O)/C(=C\c4ccc(OC)cc4OC)NC(=O)c4ccccc4)c3)c3ccccc3)n2)cc1. The van der Waals surface area contributed by atoms with E-state index in [-0.39, 0.29) is 11.6 Å². The Labute approximate surface area is 321 Å². The summed E-state index contributed by atoms with van der Waals surface area (Å²) in [7, 11) is 4.67. The lowest BCUT2D eigenvalue weighted by molar-refractivity contribution is -0.116. The molecule has 54 heavy (non-hydrogen) atoms. The van der Waals surface area contributed by atoms with Crippen molar-refractivity contribution in [2.75, 3.05) is 32.0 Å². The molecule has 5 aromatic carbocycles. The number of carbonyl (C=O) groups is 3. The quantitative estimate of drug-likeness (QED) is 0.0744. The fraction of sp³-hybridized carbons (Fsp3) is 0.0952. The molecule has 1 atom stereocenters. The van der Waals surface area contributed by atoms with E-state index in [9.17, 15) is 14.4 Å². The van der Waals surface area contributed by atoms with Crippen LogP contribution in [-0.4, -0.2) is 44.0 Å². The van der Waals surface area contributed by atoms with E-state index in [0.29, 0.717) is 33.4 Å². The molecular weight excluding hydrogens is 721 g/mol. The van der Waals surface area contributed by atoms with Crippen molar-refractivity contribution in [3.05, 3.63) is 155 Å². The van der Waals surface area contributed by atoms with Crippen molar-refractivity contribution >= 4 is 57.7 Å². The summed E-state index contributed by atoms with van der Waals surface area (Å²) in [5.41, 5.74) is 3.83. The van der Waals surface area contributed by atoms with E-state index in [4.69, 9.17) is 14.2 Å². The Hall–Kier alpha value is -6.37. The predicted octanol–water partition coefficient (Wildman–Crippen LogP) is 8.72. The van der Waals surface area contributed by atoms with Gasteiger partial charge in [-0.1, -0.05) is 54.6 Å². The van der Waals surface area contributed by atoms with E-state index in [0.717, 1.165) is 27.5 Å². The van der Waals surface area contributed by atoms with Crippen LogP contribution in [0.2, 0.25) is 0 Å². The van der Waals surface area contributed by atoms with Crippen molar-refractivity contribution in [2.45, 2.75) is 10.1 Å². The molecule has 3 N–H and O–H groups in total. The summed E-state index contributed by atoms with van der Waals surface area (Å²) in [6, 6.07) is 37.9. The summed E-state index contributed by atoms with van der Waals surface area (Å²) in [6.45, 7) is 0. The molecule has 272 valence electrons. The van der Waals surface area contributed by atoms with Crippen molar-refractivity contribution in [3.63, 3.8) is 0 Å². The van der Waals surface area contributed by atoms with Crippen LogP contribution in [0.15, 0.2) is 143 Å². The summed E-state index contributed by atoms with van der Waals surface area (Å²) in [5, 5.41) is 10.4. The van der Waals surface area contributed by atoms with Gasteiger partial charge in [0.2, 0.25) is 5.91 Å². The molecule has 0 aliphatic heterocycles. The Morgan fingerprint density at radius 1 is 0.741 bits per heavy atom. The molecule has 1 unspecified atom stereocenters. The van der Waals surface area contributed by atoms with Crippen molar-refractivity contribution in [1.82, 2.24) is 10.3 Å². The van der Waals surface area contributed by atoms with E-state index < -0.39 is 17.1 Å². The second-order valence-electron chi connectivity index (χ2n) is 11.6. The number of thiazole rings is 1. The number of thioether (sulfide) groups is 1. The average Bonchev–Trinajstić information content (AvgIpc) is 3.68. The largest absolute Gasteiger partial charge is 0.497 e. The fourth-order valence-corrected chi connectivity index (χ4v) is 7.12. The first-order valence-corrected chi connectivity index (χ1v) is 18.4. The molecule has 3 amide bonds. The molecule has 6 aromatic rings. The molecule has 0 aliphatic carbocycles. The Balaban J connectivity index is 1.22. The van der Waals surface area contributed by atoms with Crippen molar-refractivity contribution in [2.24, 2.45) is 0 Å². The number of rotatable bonds is 14. The molecule has 0 aliphatic rings. The normalized spacial score (nSPS) is 11.6. The van der Waals surface area contributed by atoms with Crippen molar-refractivity contribution in [1.29, 1.82) is 0 Å². The lowest BCUT2D eigenvalue weighted by Gasteiger charge is -2.17. The lowest BCUT2D eigenvalue weighted by Crippen LogP contribution is -2.30. The molecule has 0 spiro atoms. The summed E-state index contributed by atoms with van der Waals surface area (Å²) < 4.78 is 16.1. The van der Waals surface area contributed by atoms with Crippen molar-refractivity contribution in [3.8, 4) is 28.5 Å². The van der Waals surface area contributed by atoms with Gasteiger partial charge in [0, 0.05) is 38.7 Å². The molecule has 0 fully saturated rings. The Morgan fingerprint density at radius 3 is 2.15 bits per heavy atom. The first-order valence-electron chi connectivity index (χ1n) is 16.7. The number of hydrogen-bond acceptors (Lipinski definition) is 9. The first kappa shape index (κ1) is 37.4. The smallest absolute Gasteiger partial charge is 0.272 e. The van der Waals surface area contributed by atoms with Gasteiger partial charge in [0.05, 0.1) is 27.0 Å². The number of nitrogens with one attached hydrogen (secondary N) is 3. The fourth-order valence-electron chi connectivity index (χ4n) is 5.31. The summed E-state index contributed by atoms with van der Waals surface area (Å²) in [6.07, 6.45) is 1.54. The monoisotopic (exact) mass is 756 g/mol. The molecule has 0 bridgehead atoms. The van der Waals surface area contributed by atoms with Gasteiger partial charge in [0.15, 0.2) is 5.13 Å². The van der Waals surface area contributed by atoms with Crippen LogP contribution < -0.4 is 30.2 Å². The Kier molecular flexibility index (Phi) is 12.4. The van der Waals surface area contributed by atoms with Gasteiger partial charge in [-0.05, 0) is 78.4 Å². The zero-order chi connectivity index (χ0) is 37.9. The minimum Gasteiger partial charge on any atom is -0.497 e. The van der Waals surface area contributed by atoms with E-state index in [1.165, 1.54) is 30.2 Å². The molecule has 0 radical (unpaired) electrons. The molecule has 1 heterocycles. The van der Waals surface area contributed by atoms with Gasteiger partial charge in [0.25, 0.3) is 11.8 Å². The third-order valence-corrected chi connectivity index (χ3v) is 10.1. The van der Waals surface area contributed by atoms with E-state index in [1.54, 1.807) is 87.0 Å². The number of hydrogen-bond donors (Lipinski definition) is 3. The maximum atomic E-state index is 13.9. The molecule has 12 heteroatoms. The van der Waals surface area contributed by atoms with Crippen LogP contribution in [0.4, 0.5) is 10.8 Å². The van der Waals surface area contributed by atoms with Gasteiger partial charge in [-0.25, -0.2) is 4.98 Å². The van der Waals surface area contributed by atoms with Crippen LogP contribution in [0.3, 0.4) is 0 Å². The van der Waals surface area contributed by atoms with Crippen LogP contribution >= 0.6 is 23.1 Å². The first-order chi connectivity index (χ1) is 26.3. The number of amides is 3. The van der Waals surface area contributed by atoms with Gasteiger partial charge >= 0.3 is 0 Å². The van der Waals surface area contributed by atoms with Crippen LogP contribution in [0.1, 0.15) is 26.7 Å². The van der Waals surface area contributed by atoms with Gasteiger partial charge in [-0.15, -0.1) is 23.1 Å². The lowest BCUT2D eigenvalue weighted by atomic mass is 10.1. The topological polar surface area (TPSA) is 128 Å². The van der Waals surface area contributed by atoms with Gasteiger partial charge in [0.1, 0.15) is 28.2 Å². The molecule has 6 rings (SSSR count). The highest BCUT2D eigenvalue weighted by atomic mass is 32.2. The third-order valence-electron chi connectivity index (χ3n) is 8.08. The van der Waals surface area contributed by atoms with E-state index >= 15 is 0 Å². The molecule has 0 saturated carbocycles. The Bertz CT molecular complexity index is 2260. The minimum atomic E-state index is -0.645. The minimum absolute atomic E-state index is 0.00984. The predicted molar refractivity (Wildman–Crippen MR) is 214 cm³/mol. The molecule has 0 saturated heterocycles. The number of benzene rings is 5. The number of aromatic nitrogens is 1. The van der Waals surface area contributed by atoms with Gasteiger partial charge in [-0.2, -0.15) is 0 Å². The zero-order valence-electron chi connectivity index (χ0n) is 29.6. The van der Waals surface area contributed by atoms with Gasteiger partial charge in [-0.3, -0.25) is 14.4 Å². The zero-order valence-corrected chi connectivity index (χ0v) is 31.2. The second-order valence-corrected chi connectivity index (χ2v) is 13.7. The number of anilines is 2. The number of carbonyl (C=O) groups excluding carboxylic acids is 3. The summed E-state index contributed by atoms with van der Waals surface area (Å²) in [5.74, 6) is 0.500. The highest BCUT2D eigenvalue weighted by Gasteiger charge is 2.24. The number of methoxy groups -OCH3 is 3. The maximum absolute atomic E-state index is 13.9. The van der Waals surface area contributed by atoms with Crippen LogP contribution in [0.5, 0.6) is 17.2 Å². The summed E-state index contributed by atoms with van der Waals surface area (Å²) >= 11 is 2.67. The van der Waals surface area contributed by atoms with Crippen LogP contribution in [0.25, 0.3) is 17.3 Å². The molecular formula is C42H36N4O6S2. The number of ether oxygens (including phenoxy) is 3. The van der Waals surface area contributed by atoms with Crippen molar-refractivity contribution < 1.29 is 28.6 Å².